The smallest absolute Gasteiger partial charge is 0.415 e. The zero-order valence-electron chi connectivity index (χ0n) is 15.5. The van der Waals surface area contributed by atoms with Crippen LogP contribution in [0.15, 0.2) is 63.7 Å². The number of nitrogens with one attached hydrogen (secondary N) is 2. The Morgan fingerprint density at radius 2 is 1.79 bits per heavy atom. The van der Waals surface area contributed by atoms with E-state index in [4.69, 9.17) is 0 Å². The van der Waals surface area contributed by atoms with E-state index < -0.39 is 23.0 Å². The lowest BCUT2D eigenvalue weighted by molar-refractivity contribution is -0.364. The van der Waals surface area contributed by atoms with Gasteiger partial charge in [-0.3, -0.25) is 9.78 Å². The summed E-state index contributed by atoms with van der Waals surface area (Å²) in [6.45, 7) is 2.16. The van der Waals surface area contributed by atoms with Crippen molar-refractivity contribution in [2.45, 2.75) is 19.4 Å². The van der Waals surface area contributed by atoms with Crippen LogP contribution in [0.1, 0.15) is 35.1 Å². The molecule has 1 atom stereocenters. The van der Waals surface area contributed by atoms with Gasteiger partial charge in [-0.05, 0) is 30.7 Å². The fourth-order valence-corrected chi connectivity index (χ4v) is 4.27. The summed E-state index contributed by atoms with van der Waals surface area (Å²) in [6, 6.07) is 13.2. The predicted molar refractivity (Wildman–Crippen MR) is 106 cm³/mol. The molecule has 0 saturated heterocycles. The van der Waals surface area contributed by atoms with Gasteiger partial charge in [-0.15, -0.1) is 0 Å². The largest absolute Gasteiger partial charge is 0.507 e. The van der Waals surface area contributed by atoms with Gasteiger partial charge in [0.1, 0.15) is 22.9 Å². The third-order valence-electron chi connectivity index (χ3n) is 5.55. The van der Waals surface area contributed by atoms with Crippen LogP contribution in [0.3, 0.4) is 0 Å². The molecule has 3 aromatic rings. The van der Waals surface area contributed by atoms with Crippen molar-refractivity contribution in [1.82, 2.24) is 9.55 Å². The Morgan fingerprint density at radius 1 is 1.10 bits per heavy atom. The highest BCUT2D eigenvalue weighted by Gasteiger charge is 2.44. The number of halogens is 1. The summed E-state index contributed by atoms with van der Waals surface area (Å²) in [7, 11) is 0. The molecule has 0 bridgehead atoms. The lowest BCUT2D eigenvalue weighted by atomic mass is 9.81. The zero-order valence-corrected chi connectivity index (χ0v) is 15.5. The third kappa shape index (κ3) is 2.37. The molecule has 5 rings (SSSR count). The molecule has 29 heavy (non-hydrogen) atoms. The number of nitrogens with zero attached hydrogens (tertiary/aromatic N) is 1. The SMILES string of the molecule is CCn1c2c(c(=O)[nH]c1=O)C(c1ccc(F)cc1)C1=C(O)c3ccccc3C1=[NH+]2. The molecule has 1 aromatic heterocycles. The third-order valence-corrected chi connectivity index (χ3v) is 5.55. The van der Waals surface area contributed by atoms with Crippen LogP contribution in [0.4, 0.5) is 10.2 Å². The van der Waals surface area contributed by atoms with Crippen molar-refractivity contribution in [3.8, 4) is 0 Å². The van der Waals surface area contributed by atoms with Crippen LogP contribution in [-0.4, -0.2) is 20.4 Å². The first-order valence-electron chi connectivity index (χ1n) is 9.31. The van der Waals surface area contributed by atoms with Gasteiger partial charge in [-0.2, -0.15) is 4.57 Å². The van der Waals surface area contributed by atoms with E-state index >= 15 is 0 Å². The van der Waals surface area contributed by atoms with Gasteiger partial charge in [-0.1, -0.05) is 30.3 Å². The number of fused-ring (bicyclic) bond motifs is 4. The van der Waals surface area contributed by atoms with Crippen molar-refractivity contribution < 1.29 is 14.5 Å². The standard InChI is InChI=1S/C22H16FN3O3/c1-2-26-20-17(21(28)25-22(26)29)15(11-7-9-12(23)10-8-11)16-18(24-20)13-5-3-4-6-14(13)19(16)27/h3-10,15,27H,2H2,1H3,(H,25,28,29)/p+1. The van der Waals surface area contributed by atoms with Crippen molar-refractivity contribution in [2.75, 3.05) is 0 Å². The normalized spacial score (nSPS) is 16.9. The highest BCUT2D eigenvalue weighted by atomic mass is 19.1. The number of hydrogen-bond acceptors (Lipinski definition) is 3. The molecule has 2 aliphatic rings. The highest BCUT2D eigenvalue weighted by molar-refractivity contribution is 6.21. The summed E-state index contributed by atoms with van der Waals surface area (Å²) >= 11 is 0. The highest BCUT2D eigenvalue weighted by Crippen LogP contribution is 2.43. The molecule has 144 valence electrons. The molecule has 0 radical (unpaired) electrons. The van der Waals surface area contributed by atoms with Crippen LogP contribution in [-0.2, 0) is 6.54 Å². The van der Waals surface area contributed by atoms with Crippen molar-refractivity contribution in [1.29, 1.82) is 0 Å². The Balaban J connectivity index is 1.92. The minimum Gasteiger partial charge on any atom is -0.507 e. The summed E-state index contributed by atoms with van der Waals surface area (Å²) in [5.41, 5.74) is 2.53. The maximum Gasteiger partial charge on any atom is 0.415 e. The van der Waals surface area contributed by atoms with Crippen molar-refractivity contribution in [3.05, 3.63) is 103 Å². The number of benzene rings is 2. The first-order valence-corrected chi connectivity index (χ1v) is 9.31. The molecule has 0 fully saturated rings. The average Bonchev–Trinajstić information content (AvgIpc) is 3.00. The zero-order chi connectivity index (χ0) is 20.3. The van der Waals surface area contributed by atoms with Crippen LogP contribution in [0.25, 0.3) is 5.76 Å². The summed E-state index contributed by atoms with van der Waals surface area (Å²) < 4.78 is 15.0. The van der Waals surface area contributed by atoms with Crippen LogP contribution >= 0.6 is 0 Å². The first kappa shape index (κ1) is 17.4. The topological polar surface area (TPSA) is 89.1 Å². The number of aliphatic hydroxyl groups is 1. The van der Waals surface area contributed by atoms with Crippen LogP contribution in [0.5, 0.6) is 0 Å². The van der Waals surface area contributed by atoms with Crippen molar-refractivity contribution in [2.24, 2.45) is 0 Å². The first-order chi connectivity index (χ1) is 14.0. The Morgan fingerprint density at radius 3 is 2.48 bits per heavy atom. The van der Waals surface area contributed by atoms with Gasteiger partial charge < -0.3 is 5.11 Å². The van der Waals surface area contributed by atoms with Crippen LogP contribution < -0.4 is 16.2 Å². The fourth-order valence-electron chi connectivity index (χ4n) is 4.27. The Hall–Kier alpha value is -3.74. The number of allylic oxidation sites excluding steroid dienone is 1. The summed E-state index contributed by atoms with van der Waals surface area (Å²) in [5, 5.41) is 11.0. The second-order valence-electron chi connectivity index (χ2n) is 7.06. The van der Waals surface area contributed by atoms with Gasteiger partial charge >= 0.3 is 5.69 Å². The number of H-pyrrole nitrogens is 1. The molecule has 0 amide bonds. The summed E-state index contributed by atoms with van der Waals surface area (Å²) in [6.07, 6.45) is 0. The second-order valence-corrected chi connectivity index (χ2v) is 7.06. The molecule has 1 unspecified atom stereocenters. The van der Waals surface area contributed by atoms with E-state index in [-0.39, 0.29) is 5.76 Å². The summed E-state index contributed by atoms with van der Waals surface area (Å²) in [5.74, 6) is -0.598. The summed E-state index contributed by atoms with van der Waals surface area (Å²) in [4.78, 5) is 30.8. The molecular formula is C22H17FN3O3+. The fraction of sp³-hybridized carbons (Fsp3) is 0.136. The Labute approximate surface area is 164 Å². The molecule has 0 saturated carbocycles. The molecular weight excluding hydrogens is 373 g/mol. The van der Waals surface area contributed by atoms with Gasteiger partial charge in [0.25, 0.3) is 11.4 Å². The maximum absolute atomic E-state index is 13.6. The van der Waals surface area contributed by atoms with Gasteiger partial charge in [0, 0.05) is 11.1 Å². The molecule has 1 aliphatic carbocycles. The monoisotopic (exact) mass is 390 g/mol. The van der Waals surface area contributed by atoms with E-state index in [9.17, 15) is 19.1 Å². The van der Waals surface area contributed by atoms with Crippen molar-refractivity contribution >= 4 is 17.3 Å². The van der Waals surface area contributed by atoms with E-state index in [1.165, 1.54) is 16.7 Å². The van der Waals surface area contributed by atoms with Crippen LogP contribution in [0.2, 0.25) is 0 Å². The number of aliphatic hydroxyl groups excluding tert-OH is 1. The molecule has 3 N–H and O–H groups in total. The van der Waals surface area contributed by atoms with E-state index in [1.54, 1.807) is 18.2 Å². The minimum absolute atomic E-state index is 0.0664. The van der Waals surface area contributed by atoms with Crippen LogP contribution in [0, 0.1) is 5.82 Å². The van der Waals surface area contributed by atoms with E-state index in [2.05, 4.69) is 9.98 Å². The predicted octanol–water partition coefficient (Wildman–Crippen LogP) is 1.33. The number of rotatable bonds is 2. The molecule has 6 nitrogen and oxygen atoms in total. The Kier molecular flexibility index (Phi) is 3.67. The lowest BCUT2D eigenvalue weighted by Gasteiger charge is -2.23. The van der Waals surface area contributed by atoms with Crippen molar-refractivity contribution in [3.63, 3.8) is 0 Å². The second kappa shape index (κ2) is 6.13. The number of aromatic nitrogens is 2. The molecule has 2 heterocycles. The number of aromatic amines is 1. The number of hydrogen-bond donors (Lipinski definition) is 3. The van der Waals surface area contributed by atoms with E-state index in [0.29, 0.717) is 40.3 Å². The molecule has 1 aliphatic heterocycles. The molecule has 0 spiro atoms. The van der Waals surface area contributed by atoms with Gasteiger partial charge in [0.2, 0.25) is 0 Å². The average molecular weight is 390 g/mol. The Bertz CT molecular complexity index is 1350. The van der Waals surface area contributed by atoms with E-state index in [0.717, 1.165) is 5.56 Å². The molecule has 2 aromatic carbocycles. The minimum atomic E-state index is -0.656. The lowest BCUT2D eigenvalue weighted by Crippen LogP contribution is -2.72. The van der Waals surface area contributed by atoms with Gasteiger partial charge in [-0.25, -0.2) is 14.2 Å². The van der Waals surface area contributed by atoms with Gasteiger partial charge in [0.05, 0.1) is 18.0 Å². The van der Waals surface area contributed by atoms with E-state index in [1.807, 2.05) is 25.1 Å². The van der Waals surface area contributed by atoms with Gasteiger partial charge in [0.15, 0.2) is 0 Å². The maximum atomic E-state index is 13.6. The quantitative estimate of drug-likeness (QED) is 0.617. The molecule has 7 heteroatoms.